The van der Waals surface area contributed by atoms with Crippen molar-refractivity contribution in [1.82, 2.24) is 9.97 Å². The lowest BCUT2D eigenvalue weighted by molar-refractivity contribution is 0.593. The molecular formula is C12H9ClN4O2S. The predicted octanol–water partition coefficient (Wildman–Crippen LogP) is 1.83. The second-order valence-corrected chi connectivity index (χ2v) is 6.12. The normalized spacial score (nSPS) is 10.8. The van der Waals surface area contributed by atoms with Crippen molar-refractivity contribution in [2.75, 3.05) is 11.4 Å². The third-order valence-electron chi connectivity index (χ3n) is 2.53. The first-order valence-electron chi connectivity index (χ1n) is 5.42. The Hall–Kier alpha value is -2.17. The summed E-state index contributed by atoms with van der Waals surface area (Å²) in [5.41, 5.74) is 0.204. The molecule has 1 aromatic heterocycles. The molecule has 0 fully saturated rings. The van der Waals surface area contributed by atoms with E-state index >= 15 is 0 Å². The summed E-state index contributed by atoms with van der Waals surface area (Å²) in [4.78, 5) is 7.58. The molecule has 0 aliphatic rings. The number of aromatic nitrogens is 2. The number of benzene rings is 1. The van der Waals surface area contributed by atoms with E-state index < -0.39 is 10.0 Å². The molecule has 0 amide bonds. The fraction of sp³-hybridized carbons (Fsp3) is 0.0833. The van der Waals surface area contributed by atoms with Gasteiger partial charge in [0.25, 0.3) is 10.0 Å². The number of halogens is 1. The molecule has 0 bridgehead atoms. The van der Waals surface area contributed by atoms with E-state index in [0.717, 1.165) is 4.31 Å². The topological polar surface area (TPSA) is 87.0 Å². The maximum Gasteiger partial charge on any atom is 0.267 e. The van der Waals surface area contributed by atoms with Crippen molar-refractivity contribution < 1.29 is 8.42 Å². The van der Waals surface area contributed by atoms with Crippen LogP contribution in [0.4, 0.5) is 5.95 Å². The molecule has 0 saturated carbocycles. The minimum Gasteiger partial charge on any atom is -0.237 e. The zero-order chi connectivity index (χ0) is 14.8. The summed E-state index contributed by atoms with van der Waals surface area (Å²) in [6.45, 7) is 0. The Bertz CT molecular complexity index is 772. The number of hydrogen-bond donors (Lipinski definition) is 0. The van der Waals surface area contributed by atoms with Crippen molar-refractivity contribution in [3.8, 4) is 6.07 Å². The van der Waals surface area contributed by atoms with Crippen LogP contribution in [-0.2, 0) is 10.0 Å². The van der Waals surface area contributed by atoms with Gasteiger partial charge in [-0.3, -0.25) is 0 Å². The van der Waals surface area contributed by atoms with Gasteiger partial charge in [0.05, 0.1) is 16.7 Å². The number of rotatable bonds is 3. The largest absolute Gasteiger partial charge is 0.267 e. The summed E-state index contributed by atoms with van der Waals surface area (Å²) in [5, 5.41) is 8.88. The second-order valence-electron chi connectivity index (χ2n) is 3.78. The average molecular weight is 309 g/mol. The van der Waals surface area contributed by atoms with Crippen molar-refractivity contribution in [2.24, 2.45) is 0 Å². The van der Waals surface area contributed by atoms with Crippen LogP contribution in [0, 0.1) is 11.3 Å². The van der Waals surface area contributed by atoms with Crippen LogP contribution in [0.25, 0.3) is 0 Å². The number of nitrogens with zero attached hydrogens (tertiary/aromatic N) is 4. The Morgan fingerprint density at radius 2 is 1.95 bits per heavy atom. The SMILES string of the molecule is CN(c1ncccn1)S(=O)(=O)c1cc(C#N)ccc1Cl. The van der Waals surface area contributed by atoms with Crippen LogP contribution >= 0.6 is 11.6 Å². The molecule has 2 rings (SSSR count). The fourth-order valence-corrected chi connectivity index (χ4v) is 3.08. The van der Waals surface area contributed by atoms with Crippen molar-refractivity contribution in [3.63, 3.8) is 0 Å². The van der Waals surface area contributed by atoms with E-state index in [4.69, 9.17) is 16.9 Å². The Balaban J connectivity index is 2.54. The summed E-state index contributed by atoms with van der Waals surface area (Å²) in [6.07, 6.45) is 2.86. The highest BCUT2D eigenvalue weighted by Gasteiger charge is 2.26. The predicted molar refractivity (Wildman–Crippen MR) is 73.8 cm³/mol. The van der Waals surface area contributed by atoms with Gasteiger partial charge < -0.3 is 0 Å². The number of hydrogen-bond acceptors (Lipinski definition) is 5. The van der Waals surface area contributed by atoms with Crippen LogP contribution in [0.3, 0.4) is 0 Å². The first kappa shape index (κ1) is 14.2. The highest BCUT2D eigenvalue weighted by atomic mass is 35.5. The third kappa shape index (κ3) is 2.57. The lowest BCUT2D eigenvalue weighted by Crippen LogP contribution is -2.28. The molecule has 0 aliphatic heterocycles. The fourth-order valence-electron chi connectivity index (χ4n) is 1.48. The zero-order valence-corrected chi connectivity index (χ0v) is 11.9. The van der Waals surface area contributed by atoms with Crippen LogP contribution in [0.15, 0.2) is 41.6 Å². The minimum absolute atomic E-state index is 0.0194. The van der Waals surface area contributed by atoms with Crippen molar-refractivity contribution in [2.45, 2.75) is 4.90 Å². The molecule has 6 nitrogen and oxygen atoms in total. The van der Waals surface area contributed by atoms with Gasteiger partial charge in [0.1, 0.15) is 4.90 Å². The van der Waals surface area contributed by atoms with Gasteiger partial charge in [0.15, 0.2) is 0 Å². The molecular weight excluding hydrogens is 300 g/mol. The van der Waals surface area contributed by atoms with E-state index in [2.05, 4.69) is 9.97 Å². The molecule has 0 saturated heterocycles. The summed E-state index contributed by atoms with van der Waals surface area (Å²) in [5.74, 6) is 0.0194. The molecule has 0 spiro atoms. The molecule has 0 N–H and O–H groups in total. The van der Waals surface area contributed by atoms with Gasteiger partial charge in [0.2, 0.25) is 5.95 Å². The monoisotopic (exact) mass is 308 g/mol. The molecule has 20 heavy (non-hydrogen) atoms. The quantitative estimate of drug-likeness (QED) is 0.863. The van der Waals surface area contributed by atoms with Crippen LogP contribution < -0.4 is 4.31 Å². The van der Waals surface area contributed by atoms with E-state index in [1.165, 1.54) is 37.6 Å². The molecule has 1 heterocycles. The highest BCUT2D eigenvalue weighted by Crippen LogP contribution is 2.26. The Kier molecular flexibility index (Phi) is 3.88. The standard InChI is InChI=1S/C12H9ClN4O2S/c1-17(12-15-5-2-6-16-12)20(18,19)11-7-9(8-14)3-4-10(11)13/h2-7H,1H3. The number of nitriles is 1. The highest BCUT2D eigenvalue weighted by molar-refractivity contribution is 7.92. The maximum absolute atomic E-state index is 12.5. The van der Waals surface area contributed by atoms with E-state index in [1.54, 1.807) is 6.07 Å². The van der Waals surface area contributed by atoms with Gasteiger partial charge in [0, 0.05) is 19.4 Å². The molecule has 8 heteroatoms. The molecule has 0 radical (unpaired) electrons. The van der Waals surface area contributed by atoms with Gasteiger partial charge in [-0.2, -0.15) is 5.26 Å². The van der Waals surface area contributed by atoms with Gasteiger partial charge in [-0.1, -0.05) is 11.6 Å². The van der Waals surface area contributed by atoms with Crippen LogP contribution in [0.5, 0.6) is 0 Å². The van der Waals surface area contributed by atoms with E-state index in [9.17, 15) is 8.42 Å². The van der Waals surface area contributed by atoms with Gasteiger partial charge in [-0.25, -0.2) is 22.7 Å². The van der Waals surface area contributed by atoms with Crippen molar-refractivity contribution in [3.05, 3.63) is 47.2 Å². The average Bonchev–Trinajstić information content (AvgIpc) is 2.47. The lowest BCUT2D eigenvalue weighted by atomic mass is 10.2. The van der Waals surface area contributed by atoms with Gasteiger partial charge in [-0.15, -0.1) is 0 Å². The molecule has 2 aromatic rings. The number of anilines is 1. The van der Waals surface area contributed by atoms with Gasteiger partial charge in [-0.05, 0) is 24.3 Å². The van der Waals surface area contributed by atoms with Crippen molar-refractivity contribution >= 4 is 27.6 Å². The second kappa shape index (κ2) is 5.45. The maximum atomic E-state index is 12.5. The summed E-state index contributed by atoms with van der Waals surface area (Å²) < 4.78 is 25.9. The first-order valence-corrected chi connectivity index (χ1v) is 7.24. The summed E-state index contributed by atoms with van der Waals surface area (Å²) >= 11 is 5.91. The Morgan fingerprint density at radius 3 is 2.55 bits per heavy atom. The van der Waals surface area contributed by atoms with Crippen molar-refractivity contribution in [1.29, 1.82) is 5.26 Å². The molecule has 0 aliphatic carbocycles. The molecule has 0 atom stereocenters. The van der Waals surface area contributed by atoms with Crippen LogP contribution in [-0.4, -0.2) is 25.4 Å². The minimum atomic E-state index is -3.93. The third-order valence-corrected chi connectivity index (χ3v) is 4.75. The van der Waals surface area contributed by atoms with Crippen LogP contribution in [0.2, 0.25) is 5.02 Å². The van der Waals surface area contributed by atoms with E-state index in [-0.39, 0.29) is 21.4 Å². The van der Waals surface area contributed by atoms with E-state index in [1.807, 2.05) is 6.07 Å². The van der Waals surface area contributed by atoms with E-state index in [0.29, 0.717) is 0 Å². The van der Waals surface area contributed by atoms with Gasteiger partial charge >= 0.3 is 0 Å². The Morgan fingerprint density at radius 1 is 1.30 bits per heavy atom. The lowest BCUT2D eigenvalue weighted by Gasteiger charge is -2.17. The first-order chi connectivity index (χ1) is 9.46. The Labute approximate surface area is 121 Å². The molecule has 1 aromatic carbocycles. The summed E-state index contributed by atoms with van der Waals surface area (Å²) in [6, 6.07) is 7.48. The number of sulfonamides is 1. The molecule has 102 valence electrons. The zero-order valence-electron chi connectivity index (χ0n) is 10.4. The summed E-state index contributed by atoms with van der Waals surface area (Å²) in [7, 11) is -2.61. The molecule has 0 unspecified atom stereocenters. The van der Waals surface area contributed by atoms with Crippen LogP contribution in [0.1, 0.15) is 5.56 Å². The smallest absolute Gasteiger partial charge is 0.237 e.